The monoisotopic (exact) mass is 396 g/mol. The molecule has 0 saturated heterocycles. The molecule has 0 spiro atoms. The van der Waals surface area contributed by atoms with Crippen molar-refractivity contribution in [1.29, 1.82) is 0 Å². The third kappa shape index (κ3) is 4.57. The maximum absolute atomic E-state index is 13.3. The van der Waals surface area contributed by atoms with Crippen molar-refractivity contribution in [2.45, 2.75) is 27.3 Å². The molecular formula is C20H21FN6O2. The van der Waals surface area contributed by atoms with Gasteiger partial charge in [-0.3, -0.25) is 9.59 Å². The first-order chi connectivity index (χ1) is 13.7. The van der Waals surface area contributed by atoms with Crippen molar-refractivity contribution >= 4 is 29.0 Å². The van der Waals surface area contributed by atoms with Crippen LogP contribution in [0.15, 0.2) is 36.4 Å². The fourth-order valence-corrected chi connectivity index (χ4v) is 3.05. The van der Waals surface area contributed by atoms with Crippen LogP contribution in [0.1, 0.15) is 27.2 Å². The molecule has 3 rings (SSSR count). The van der Waals surface area contributed by atoms with Crippen molar-refractivity contribution in [3.8, 4) is 0 Å². The van der Waals surface area contributed by atoms with Crippen LogP contribution >= 0.6 is 0 Å². The third-order valence-electron chi connectivity index (χ3n) is 4.31. The van der Waals surface area contributed by atoms with Crippen LogP contribution in [0.2, 0.25) is 0 Å². The van der Waals surface area contributed by atoms with Gasteiger partial charge in [0.1, 0.15) is 12.4 Å². The number of amides is 2. The van der Waals surface area contributed by atoms with E-state index in [0.717, 1.165) is 33.1 Å². The zero-order valence-corrected chi connectivity index (χ0v) is 16.3. The fourth-order valence-electron chi connectivity index (χ4n) is 3.05. The Balaban J connectivity index is 1.71. The summed E-state index contributed by atoms with van der Waals surface area (Å²) in [4.78, 5) is 24.8. The Morgan fingerprint density at radius 1 is 1.10 bits per heavy atom. The summed E-state index contributed by atoms with van der Waals surface area (Å²) in [7, 11) is 0. The number of carbonyl (C=O) groups excluding carboxylic acids is 2. The predicted octanol–water partition coefficient (Wildman–Crippen LogP) is 2.82. The number of hydrogen-bond acceptors (Lipinski definition) is 5. The molecule has 0 unspecified atom stereocenters. The molecule has 0 fully saturated rings. The minimum Gasteiger partial charge on any atom is -0.382 e. The zero-order chi connectivity index (χ0) is 21.1. The van der Waals surface area contributed by atoms with Gasteiger partial charge in [0.2, 0.25) is 5.91 Å². The number of nitrogens with one attached hydrogen (secondary N) is 2. The number of rotatable bonds is 5. The van der Waals surface area contributed by atoms with Gasteiger partial charge in [-0.05, 0) is 50.1 Å². The Bertz CT molecular complexity index is 1070. The molecular weight excluding hydrogens is 375 g/mol. The number of anilines is 3. The van der Waals surface area contributed by atoms with Gasteiger partial charge >= 0.3 is 0 Å². The van der Waals surface area contributed by atoms with Gasteiger partial charge < -0.3 is 16.4 Å². The van der Waals surface area contributed by atoms with Gasteiger partial charge in [-0.2, -0.15) is 0 Å². The van der Waals surface area contributed by atoms with Gasteiger partial charge in [-0.25, -0.2) is 9.07 Å². The Morgan fingerprint density at radius 3 is 2.45 bits per heavy atom. The average molecular weight is 396 g/mol. The van der Waals surface area contributed by atoms with Gasteiger partial charge in [0, 0.05) is 11.4 Å². The molecule has 4 N–H and O–H groups in total. The Hall–Kier alpha value is -3.75. The summed E-state index contributed by atoms with van der Waals surface area (Å²) in [6.07, 6.45) is 0. The smallest absolute Gasteiger partial charge is 0.280 e. The number of benzene rings is 2. The molecule has 0 radical (unpaired) electrons. The molecule has 0 atom stereocenters. The van der Waals surface area contributed by atoms with Crippen molar-refractivity contribution in [3.05, 3.63) is 64.6 Å². The summed E-state index contributed by atoms with van der Waals surface area (Å²) in [5, 5.41) is 12.9. The average Bonchev–Trinajstić information content (AvgIpc) is 2.98. The standard InChI is InChI=1S/C20H21FN6O2/c1-11-7-12(2)17(13(3)8-11)24-16(28)10-27-19(22)18(25-26-27)20(29)23-15-6-4-5-14(21)9-15/h4-9H,10,22H2,1-3H3,(H,23,29)(H,24,28). The van der Waals surface area contributed by atoms with Crippen LogP contribution < -0.4 is 16.4 Å². The summed E-state index contributed by atoms with van der Waals surface area (Å²) in [6, 6.07) is 9.36. The number of aryl methyl sites for hydroxylation is 3. The van der Waals surface area contributed by atoms with Crippen LogP contribution in [0, 0.1) is 26.6 Å². The van der Waals surface area contributed by atoms with Gasteiger partial charge in [0.25, 0.3) is 5.91 Å². The quantitative estimate of drug-likeness (QED) is 0.613. The van der Waals surface area contributed by atoms with Crippen LogP contribution in [0.5, 0.6) is 0 Å². The summed E-state index contributed by atoms with van der Waals surface area (Å²) in [5.41, 5.74) is 9.75. The molecule has 0 aliphatic carbocycles. The van der Waals surface area contributed by atoms with E-state index in [1.807, 2.05) is 32.9 Å². The molecule has 0 bridgehead atoms. The lowest BCUT2D eigenvalue weighted by molar-refractivity contribution is -0.116. The normalized spacial score (nSPS) is 10.6. The lowest BCUT2D eigenvalue weighted by atomic mass is 10.1. The number of halogens is 1. The summed E-state index contributed by atoms with van der Waals surface area (Å²) in [5.74, 6) is -1.55. The minimum absolute atomic E-state index is 0.0635. The van der Waals surface area contributed by atoms with Crippen molar-refractivity contribution in [2.24, 2.45) is 0 Å². The van der Waals surface area contributed by atoms with Gasteiger partial charge in [0.15, 0.2) is 11.5 Å². The van der Waals surface area contributed by atoms with Gasteiger partial charge in [-0.1, -0.05) is 29.0 Å². The van der Waals surface area contributed by atoms with Crippen molar-refractivity contribution in [1.82, 2.24) is 15.0 Å². The fraction of sp³-hybridized carbons (Fsp3) is 0.200. The first kappa shape index (κ1) is 20.0. The maximum atomic E-state index is 13.3. The molecule has 29 heavy (non-hydrogen) atoms. The zero-order valence-electron chi connectivity index (χ0n) is 16.3. The minimum atomic E-state index is -0.648. The number of nitrogen functional groups attached to an aromatic ring is 1. The second kappa shape index (κ2) is 8.09. The highest BCUT2D eigenvalue weighted by molar-refractivity contribution is 6.05. The van der Waals surface area contributed by atoms with E-state index >= 15 is 0 Å². The highest BCUT2D eigenvalue weighted by atomic mass is 19.1. The van der Waals surface area contributed by atoms with Gasteiger partial charge in [-0.15, -0.1) is 5.10 Å². The van der Waals surface area contributed by atoms with E-state index in [1.54, 1.807) is 0 Å². The number of nitrogens with zero attached hydrogens (tertiary/aromatic N) is 3. The molecule has 0 saturated carbocycles. The second-order valence-electron chi connectivity index (χ2n) is 6.77. The van der Waals surface area contributed by atoms with Crippen molar-refractivity contribution < 1.29 is 14.0 Å². The number of nitrogens with two attached hydrogens (primary N) is 1. The van der Waals surface area contributed by atoms with Crippen LogP contribution in [0.25, 0.3) is 0 Å². The number of hydrogen-bond donors (Lipinski definition) is 3. The Morgan fingerprint density at radius 2 is 1.79 bits per heavy atom. The van der Waals surface area contributed by atoms with E-state index in [9.17, 15) is 14.0 Å². The highest BCUT2D eigenvalue weighted by Gasteiger charge is 2.19. The van der Waals surface area contributed by atoms with E-state index in [1.165, 1.54) is 18.2 Å². The number of carbonyl (C=O) groups is 2. The molecule has 8 nitrogen and oxygen atoms in total. The summed E-state index contributed by atoms with van der Waals surface area (Å²) >= 11 is 0. The SMILES string of the molecule is Cc1cc(C)c(NC(=O)Cn2nnc(C(=O)Nc3cccc(F)c3)c2N)c(C)c1. The lowest BCUT2D eigenvalue weighted by Gasteiger charge is -2.13. The predicted molar refractivity (Wildman–Crippen MR) is 108 cm³/mol. The molecule has 2 amide bonds. The molecule has 1 aromatic heterocycles. The van der Waals surface area contributed by atoms with Crippen molar-refractivity contribution in [3.63, 3.8) is 0 Å². The molecule has 9 heteroatoms. The molecule has 1 heterocycles. The molecule has 150 valence electrons. The summed E-state index contributed by atoms with van der Waals surface area (Å²) in [6.45, 7) is 5.60. The van der Waals surface area contributed by atoms with Crippen LogP contribution in [-0.2, 0) is 11.3 Å². The van der Waals surface area contributed by atoms with Gasteiger partial charge in [0.05, 0.1) is 0 Å². The maximum Gasteiger partial charge on any atom is 0.280 e. The van der Waals surface area contributed by atoms with Crippen LogP contribution in [0.4, 0.5) is 21.6 Å². The highest BCUT2D eigenvalue weighted by Crippen LogP contribution is 2.22. The van der Waals surface area contributed by atoms with E-state index in [0.29, 0.717) is 0 Å². The summed E-state index contributed by atoms with van der Waals surface area (Å²) < 4.78 is 14.4. The molecule has 3 aromatic rings. The Kier molecular flexibility index (Phi) is 5.58. The molecule has 2 aromatic carbocycles. The van der Waals surface area contributed by atoms with Crippen LogP contribution in [-0.4, -0.2) is 26.8 Å². The second-order valence-corrected chi connectivity index (χ2v) is 6.77. The third-order valence-corrected chi connectivity index (χ3v) is 4.31. The molecule has 0 aliphatic heterocycles. The first-order valence-electron chi connectivity index (χ1n) is 8.88. The van der Waals surface area contributed by atoms with Crippen molar-refractivity contribution in [2.75, 3.05) is 16.4 Å². The number of aromatic nitrogens is 3. The van der Waals surface area contributed by atoms with Crippen LogP contribution in [0.3, 0.4) is 0 Å². The topological polar surface area (TPSA) is 115 Å². The van der Waals surface area contributed by atoms with E-state index < -0.39 is 11.7 Å². The van der Waals surface area contributed by atoms with E-state index in [4.69, 9.17) is 5.73 Å². The van der Waals surface area contributed by atoms with E-state index in [-0.39, 0.29) is 29.7 Å². The lowest BCUT2D eigenvalue weighted by Crippen LogP contribution is -2.22. The van der Waals surface area contributed by atoms with E-state index in [2.05, 4.69) is 20.9 Å². The molecule has 0 aliphatic rings. The Labute approximate surface area is 166 Å². The first-order valence-corrected chi connectivity index (χ1v) is 8.88. The largest absolute Gasteiger partial charge is 0.382 e.